The van der Waals surface area contributed by atoms with Crippen LogP contribution in [0.1, 0.15) is 25.3 Å². The molecule has 3 aliphatic rings. The lowest BCUT2D eigenvalue weighted by Gasteiger charge is -2.26. The van der Waals surface area contributed by atoms with Gasteiger partial charge in [0, 0.05) is 30.5 Å². The van der Waals surface area contributed by atoms with Crippen LogP contribution in [-0.4, -0.2) is 77.7 Å². The summed E-state index contributed by atoms with van der Waals surface area (Å²) >= 11 is 8.33. The first-order chi connectivity index (χ1) is 19.1. The first kappa shape index (κ1) is 28.2. The number of aliphatic hydroxyl groups excluding tert-OH is 1. The second-order valence-corrected chi connectivity index (χ2v) is 15.5. The predicted octanol–water partition coefficient (Wildman–Crippen LogP) is 1.98. The zero-order valence-electron chi connectivity index (χ0n) is 20.6. The molecular weight excluding hydrogens is 608 g/mol. The van der Waals surface area contributed by atoms with Gasteiger partial charge in [-0.1, -0.05) is 29.7 Å². The Hall–Kier alpha value is -1.88. The fourth-order valence-electron chi connectivity index (χ4n) is 5.34. The number of aromatic nitrogens is 7. The lowest BCUT2D eigenvalue weighted by atomic mass is 10.1. The van der Waals surface area contributed by atoms with Gasteiger partial charge in [0.15, 0.2) is 11.2 Å². The van der Waals surface area contributed by atoms with Crippen LogP contribution in [0.15, 0.2) is 29.7 Å². The molecular formula is C20H25N7O9P2S2. The molecule has 2 aliphatic carbocycles. The van der Waals surface area contributed by atoms with E-state index in [1.165, 1.54) is 17.3 Å². The maximum Gasteiger partial charge on any atom is 0.386 e. The summed E-state index contributed by atoms with van der Waals surface area (Å²) in [6.45, 7) is -8.37. The number of aromatic amines is 1. The van der Waals surface area contributed by atoms with E-state index in [1.54, 1.807) is 12.3 Å². The first-order valence-electron chi connectivity index (χ1n) is 12.3. The van der Waals surface area contributed by atoms with Crippen LogP contribution in [0, 0.1) is 11.8 Å². The average Bonchev–Trinajstić information content (AvgIpc) is 3.58. The lowest BCUT2D eigenvalue weighted by molar-refractivity contribution is 0.00533. The summed E-state index contributed by atoms with van der Waals surface area (Å²) in [4.78, 5) is 26.6. The van der Waals surface area contributed by atoms with Gasteiger partial charge in [-0.05, 0) is 12.8 Å². The molecule has 1 unspecified atom stereocenters. The predicted molar refractivity (Wildman–Crippen MR) is 143 cm³/mol. The van der Waals surface area contributed by atoms with Crippen LogP contribution in [0.25, 0.3) is 11.2 Å². The van der Waals surface area contributed by atoms with Gasteiger partial charge in [0.05, 0.1) is 37.8 Å². The molecule has 2 saturated carbocycles. The van der Waals surface area contributed by atoms with E-state index in [4.69, 9.17) is 22.8 Å². The molecule has 3 aromatic heterocycles. The fourth-order valence-corrected chi connectivity index (χ4v) is 8.48. The number of H-pyrrole nitrogens is 1. The number of fused-ring (bicyclic) bond motifs is 4. The minimum Gasteiger partial charge on any atom is -0.474 e. The summed E-state index contributed by atoms with van der Waals surface area (Å²) in [6, 6.07) is 0.815. The molecule has 2 N–H and O–H groups in total. The molecule has 40 heavy (non-hydrogen) atoms. The minimum absolute atomic E-state index is 0.0191. The number of nitrogens with zero attached hydrogens (tertiary/aromatic N) is 6. The molecule has 1 saturated heterocycles. The van der Waals surface area contributed by atoms with Gasteiger partial charge in [-0.2, -0.15) is 0 Å². The zero-order chi connectivity index (χ0) is 28.1. The van der Waals surface area contributed by atoms with E-state index in [1.807, 2.05) is 0 Å². The van der Waals surface area contributed by atoms with Crippen molar-refractivity contribution in [3.05, 3.63) is 35.3 Å². The minimum atomic E-state index is -4.07. The van der Waals surface area contributed by atoms with Crippen molar-refractivity contribution in [1.82, 2.24) is 34.9 Å². The van der Waals surface area contributed by atoms with Crippen molar-refractivity contribution in [1.29, 1.82) is 0 Å². The second kappa shape index (κ2) is 11.1. The molecule has 1 aliphatic heterocycles. The highest BCUT2D eigenvalue weighted by atomic mass is 32.7. The Balaban J connectivity index is 1.27. The molecule has 0 amide bonds. The van der Waals surface area contributed by atoms with Crippen LogP contribution >= 0.6 is 38.1 Å². The molecule has 3 aromatic rings. The van der Waals surface area contributed by atoms with Crippen LogP contribution in [-0.2, 0) is 27.2 Å². The molecule has 0 spiro atoms. The Morgan fingerprint density at radius 2 is 1.85 bits per heavy atom. The molecule has 6 rings (SSSR count). The summed E-state index contributed by atoms with van der Waals surface area (Å²) in [5.41, 5.74) is -0.382. The third-order valence-corrected chi connectivity index (χ3v) is 10.4. The maximum atomic E-state index is 13.4. The average molecular weight is 634 g/mol. The van der Waals surface area contributed by atoms with Crippen molar-refractivity contribution in [2.24, 2.45) is 11.8 Å². The van der Waals surface area contributed by atoms with Crippen LogP contribution < -0.4 is 10.3 Å². The summed E-state index contributed by atoms with van der Waals surface area (Å²) in [7, 11) is 0. The zero-order valence-corrected chi connectivity index (χ0v) is 24.1. The van der Waals surface area contributed by atoms with Crippen molar-refractivity contribution >= 4 is 49.3 Å². The molecule has 3 fully saturated rings. The number of rotatable bonds is 3. The topological polar surface area (TPSA) is 203 Å². The van der Waals surface area contributed by atoms with Crippen molar-refractivity contribution in [3.63, 3.8) is 0 Å². The molecule has 216 valence electrons. The van der Waals surface area contributed by atoms with Gasteiger partial charge >= 0.3 is 13.6 Å². The van der Waals surface area contributed by atoms with Crippen LogP contribution in [0.2, 0.25) is 0 Å². The van der Waals surface area contributed by atoms with Crippen molar-refractivity contribution in [2.75, 3.05) is 13.2 Å². The van der Waals surface area contributed by atoms with E-state index in [-0.39, 0.29) is 36.9 Å². The highest BCUT2D eigenvalue weighted by Gasteiger charge is 2.50. The van der Waals surface area contributed by atoms with Crippen LogP contribution in [0.5, 0.6) is 5.88 Å². The number of hydrogen-bond acceptors (Lipinski definition) is 14. The van der Waals surface area contributed by atoms with Gasteiger partial charge in [-0.25, -0.2) is 28.8 Å². The standard InChI is InChI=1S/C20H25N7O9P2S2/c28-17-11-4-13(27-19-16(25-26-27)20(29)24-9-23-19)18(17)36-38(31,40)32-6-10-3-12(34-15-1-2-21-8-22-15)5-14(10)35-37(30,39)33-7-11/h1-2,8-14,17-18,28H,3-7H2,(H,30,39)(H,31,40)(H,23,24,29)/t10-,11?,12-,13-,14+,17-,18+,37-,38+/m1/s1. The largest absolute Gasteiger partial charge is 0.474 e. The monoisotopic (exact) mass is 633 g/mol. The highest BCUT2D eigenvalue weighted by molar-refractivity contribution is 8.44. The van der Waals surface area contributed by atoms with Gasteiger partial charge in [0.25, 0.3) is 5.56 Å². The molecule has 4 heterocycles. The van der Waals surface area contributed by atoms with Crippen molar-refractivity contribution in [2.45, 2.75) is 49.7 Å². The number of hydrogen-bond donors (Lipinski definition) is 4. The molecule has 9 atom stereocenters. The lowest BCUT2D eigenvalue weighted by Crippen LogP contribution is -2.33. The van der Waals surface area contributed by atoms with Crippen molar-refractivity contribution < 1.29 is 37.1 Å². The van der Waals surface area contributed by atoms with Crippen LogP contribution in [0.4, 0.5) is 0 Å². The Morgan fingerprint density at radius 1 is 1.07 bits per heavy atom. The summed E-state index contributed by atoms with van der Waals surface area (Å²) < 4.78 is 56.8. The third-order valence-electron chi connectivity index (χ3n) is 7.18. The summed E-state index contributed by atoms with van der Waals surface area (Å²) in [5.74, 6) is -0.756. The highest BCUT2D eigenvalue weighted by Crippen LogP contribution is 2.61. The quantitative estimate of drug-likeness (QED) is 0.241. The SMILES string of the molecule is O=c1[nH]cnc2c1nnn2[C@@H]1CC2CO[P@@](=O)(S)O[C@H]3C[C@H](Oc4ccncn4)C[C@@H]3CO[P@](=O)(S)O[C@@H]1[C@@H]2O. The molecule has 0 radical (unpaired) electrons. The normalized spacial score (nSPS) is 38.7. The first-order valence-corrected chi connectivity index (χ1v) is 17.7. The number of aliphatic hydroxyl groups is 1. The van der Waals surface area contributed by atoms with E-state index in [0.717, 1.165) is 0 Å². The molecule has 0 aromatic carbocycles. The van der Waals surface area contributed by atoms with Gasteiger partial charge in [-0.3, -0.25) is 13.8 Å². The Kier molecular flexibility index (Phi) is 7.82. The van der Waals surface area contributed by atoms with E-state index in [0.29, 0.717) is 18.7 Å². The van der Waals surface area contributed by atoms with Gasteiger partial charge in [-0.15, -0.1) is 5.10 Å². The summed E-state index contributed by atoms with van der Waals surface area (Å²) in [6.07, 6.45) is 1.45. The van der Waals surface area contributed by atoms with E-state index < -0.39 is 55.3 Å². The van der Waals surface area contributed by atoms with E-state index in [2.05, 4.69) is 54.7 Å². The van der Waals surface area contributed by atoms with Gasteiger partial charge in [0.2, 0.25) is 5.88 Å². The third kappa shape index (κ3) is 5.87. The molecule has 16 nitrogen and oxygen atoms in total. The van der Waals surface area contributed by atoms with Crippen LogP contribution in [0.3, 0.4) is 0 Å². The Labute approximate surface area is 236 Å². The Bertz CT molecular complexity index is 1530. The van der Waals surface area contributed by atoms with Gasteiger partial charge in [0.1, 0.15) is 18.5 Å². The van der Waals surface area contributed by atoms with E-state index in [9.17, 15) is 19.0 Å². The van der Waals surface area contributed by atoms with Crippen molar-refractivity contribution in [3.8, 4) is 5.88 Å². The second-order valence-electron chi connectivity index (χ2n) is 9.75. The fraction of sp³-hybridized carbons (Fsp3) is 0.600. The smallest absolute Gasteiger partial charge is 0.386 e. The number of nitrogens with one attached hydrogen (secondary N) is 1. The van der Waals surface area contributed by atoms with E-state index >= 15 is 0 Å². The summed E-state index contributed by atoms with van der Waals surface area (Å²) in [5, 5.41) is 19.1. The van der Waals surface area contributed by atoms with Gasteiger partial charge < -0.3 is 23.9 Å². The Morgan fingerprint density at radius 3 is 2.62 bits per heavy atom. The maximum absolute atomic E-state index is 13.4. The number of ether oxygens (including phenoxy) is 1. The number of thiol groups is 2. The molecule has 2 bridgehead atoms. The molecule has 20 heteroatoms.